The minimum Gasteiger partial charge on any atom is -0.399 e. The van der Waals surface area contributed by atoms with E-state index in [1.54, 1.807) is 12.1 Å². The van der Waals surface area contributed by atoms with Crippen molar-refractivity contribution >= 4 is 5.69 Å². The predicted octanol–water partition coefficient (Wildman–Crippen LogP) is 2.60. The summed E-state index contributed by atoms with van der Waals surface area (Å²) in [5, 5.41) is 0. The fourth-order valence-corrected chi connectivity index (χ4v) is 1.43. The highest BCUT2D eigenvalue weighted by Gasteiger charge is 2.10. The number of anilines is 1. The lowest BCUT2D eigenvalue weighted by atomic mass is 10.0. The molecule has 14 heavy (non-hydrogen) atoms. The van der Waals surface area contributed by atoms with Crippen LogP contribution < -0.4 is 11.5 Å². The zero-order valence-corrected chi connectivity index (χ0v) is 8.46. The molecule has 78 valence electrons. The van der Waals surface area contributed by atoms with E-state index in [1.165, 1.54) is 6.07 Å². The lowest BCUT2D eigenvalue weighted by Crippen LogP contribution is -2.12. The Hall–Kier alpha value is -1.09. The Bertz CT molecular complexity index is 299. The summed E-state index contributed by atoms with van der Waals surface area (Å²) in [5.41, 5.74) is 12.5. The Morgan fingerprint density at radius 3 is 2.79 bits per heavy atom. The average Bonchev–Trinajstić information content (AvgIpc) is 2.18. The summed E-state index contributed by atoms with van der Waals surface area (Å²) >= 11 is 0. The molecule has 1 rings (SSSR count). The number of halogens is 1. The second-order valence-corrected chi connectivity index (χ2v) is 3.53. The standard InChI is InChI=1S/C11H17FN2/c1-2-3-4-11(14)9-7-8(13)5-6-10(9)12/h5-7,11H,2-4,13-14H2,1H3. The summed E-state index contributed by atoms with van der Waals surface area (Å²) in [6, 6.07) is 4.30. The quantitative estimate of drug-likeness (QED) is 0.727. The van der Waals surface area contributed by atoms with Crippen molar-refractivity contribution in [1.82, 2.24) is 0 Å². The monoisotopic (exact) mass is 196 g/mol. The van der Waals surface area contributed by atoms with Gasteiger partial charge in [-0.3, -0.25) is 0 Å². The highest BCUT2D eigenvalue weighted by atomic mass is 19.1. The Kier molecular flexibility index (Phi) is 3.89. The van der Waals surface area contributed by atoms with E-state index in [4.69, 9.17) is 11.5 Å². The van der Waals surface area contributed by atoms with Gasteiger partial charge in [0.1, 0.15) is 5.82 Å². The molecule has 0 fully saturated rings. The van der Waals surface area contributed by atoms with Gasteiger partial charge in [-0.05, 0) is 24.6 Å². The topological polar surface area (TPSA) is 52.0 Å². The molecule has 2 nitrogen and oxygen atoms in total. The maximum Gasteiger partial charge on any atom is 0.128 e. The van der Waals surface area contributed by atoms with E-state index in [0.717, 1.165) is 19.3 Å². The summed E-state index contributed by atoms with van der Waals surface area (Å²) < 4.78 is 13.3. The first-order valence-electron chi connectivity index (χ1n) is 4.95. The number of rotatable bonds is 4. The molecule has 1 atom stereocenters. The predicted molar refractivity (Wildman–Crippen MR) is 57.3 cm³/mol. The first-order chi connectivity index (χ1) is 6.65. The zero-order valence-electron chi connectivity index (χ0n) is 8.46. The van der Waals surface area contributed by atoms with Gasteiger partial charge in [-0.15, -0.1) is 0 Å². The van der Waals surface area contributed by atoms with Gasteiger partial charge in [-0.1, -0.05) is 19.8 Å². The maximum atomic E-state index is 13.3. The van der Waals surface area contributed by atoms with E-state index in [1.807, 2.05) is 0 Å². The Morgan fingerprint density at radius 2 is 2.14 bits per heavy atom. The van der Waals surface area contributed by atoms with Crippen molar-refractivity contribution in [3.05, 3.63) is 29.6 Å². The molecular formula is C11H17FN2. The summed E-state index contributed by atoms with van der Waals surface area (Å²) in [6.07, 6.45) is 2.88. The van der Waals surface area contributed by atoms with Crippen molar-refractivity contribution in [1.29, 1.82) is 0 Å². The molecule has 0 saturated carbocycles. The van der Waals surface area contributed by atoms with Crippen LogP contribution in [0.25, 0.3) is 0 Å². The summed E-state index contributed by atoms with van der Waals surface area (Å²) in [4.78, 5) is 0. The Labute approximate surface area is 84.1 Å². The molecule has 0 saturated heterocycles. The number of unbranched alkanes of at least 4 members (excludes halogenated alkanes) is 1. The van der Waals surface area contributed by atoms with Crippen LogP contribution in [-0.2, 0) is 0 Å². The van der Waals surface area contributed by atoms with Crippen molar-refractivity contribution in [3.8, 4) is 0 Å². The van der Waals surface area contributed by atoms with Crippen LogP contribution in [-0.4, -0.2) is 0 Å². The third-order valence-corrected chi connectivity index (χ3v) is 2.29. The SMILES string of the molecule is CCCCC(N)c1cc(N)ccc1F. The lowest BCUT2D eigenvalue weighted by Gasteiger charge is -2.12. The second-order valence-electron chi connectivity index (χ2n) is 3.53. The molecule has 1 unspecified atom stereocenters. The third kappa shape index (κ3) is 2.70. The van der Waals surface area contributed by atoms with Crippen molar-refractivity contribution in [2.75, 3.05) is 5.73 Å². The largest absolute Gasteiger partial charge is 0.399 e. The van der Waals surface area contributed by atoms with Gasteiger partial charge in [-0.25, -0.2) is 4.39 Å². The molecule has 0 spiro atoms. The van der Waals surface area contributed by atoms with E-state index < -0.39 is 0 Å². The molecule has 0 radical (unpaired) electrons. The van der Waals surface area contributed by atoms with Crippen molar-refractivity contribution in [2.45, 2.75) is 32.2 Å². The smallest absolute Gasteiger partial charge is 0.128 e. The van der Waals surface area contributed by atoms with Gasteiger partial charge in [0.25, 0.3) is 0 Å². The number of nitrogen functional groups attached to an aromatic ring is 1. The fourth-order valence-electron chi connectivity index (χ4n) is 1.43. The van der Waals surface area contributed by atoms with Gasteiger partial charge in [0, 0.05) is 17.3 Å². The zero-order chi connectivity index (χ0) is 10.6. The molecule has 0 aliphatic carbocycles. The molecule has 0 heterocycles. The van der Waals surface area contributed by atoms with Crippen LogP contribution in [0.4, 0.5) is 10.1 Å². The molecule has 3 heteroatoms. The lowest BCUT2D eigenvalue weighted by molar-refractivity contribution is 0.548. The summed E-state index contributed by atoms with van der Waals surface area (Å²) in [5.74, 6) is -0.261. The fraction of sp³-hybridized carbons (Fsp3) is 0.455. The molecule has 4 N–H and O–H groups in total. The normalized spacial score (nSPS) is 12.8. The summed E-state index contributed by atoms with van der Waals surface area (Å²) in [6.45, 7) is 2.09. The molecule has 0 aliphatic rings. The molecule has 0 amide bonds. The van der Waals surface area contributed by atoms with Gasteiger partial charge in [0.15, 0.2) is 0 Å². The van der Waals surface area contributed by atoms with E-state index >= 15 is 0 Å². The third-order valence-electron chi connectivity index (χ3n) is 2.29. The van der Waals surface area contributed by atoms with Gasteiger partial charge in [0.05, 0.1) is 0 Å². The minimum absolute atomic E-state index is 0.238. The first kappa shape index (κ1) is 11.0. The van der Waals surface area contributed by atoms with Gasteiger partial charge in [-0.2, -0.15) is 0 Å². The highest BCUT2D eigenvalue weighted by molar-refractivity contribution is 5.42. The van der Waals surface area contributed by atoms with Crippen LogP contribution >= 0.6 is 0 Å². The van der Waals surface area contributed by atoms with E-state index in [2.05, 4.69) is 6.92 Å². The van der Waals surface area contributed by atoms with Crippen LogP contribution in [0.2, 0.25) is 0 Å². The number of benzene rings is 1. The molecule has 0 aliphatic heterocycles. The number of hydrogen-bond acceptors (Lipinski definition) is 2. The molecule has 1 aromatic carbocycles. The van der Waals surface area contributed by atoms with Crippen LogP contribution in [0, 0.1) is 5.82 Å². The average molecular weight is 196 g/mol. The summed E-state index contributed by atoms with van der Waals surface area (Å²) in [7, 11) is 0. The number of hydrogen-bond donors (Lipinski definition) is 2. The van der Waals surface area contributed by atoms with Gasteiger partial charge >= 0.3 is 0 Å². The molecule has 1 aromatic rings. The number of nitrogens with two attached hydrogens (primary N) is 2. The van der Waals surface area contributed by atoms with Gasteiger partial charge < -0.3 is 11.5 Å². The van der Waals surface area contributed by atoms with Crippen LogP contribution in [0.15, 0.2) is 18.2 Å². The van der Waals surface area contributed by atoms with E-state index in [9.17, 15) is 4.39 Å². The van der Waals surface area contributed by atoms with Crippen molar-refractivity contribution < 1.29 is 4.39 Å². The van der Waals surface area contributed by atoms with Crippen LogP contribution in [0.1, 0.15) is 37.8 Å². The molecular weight excluding hydrogens is 179 g/mol. The first-order valence-corrected chi connectivity index (χ1v) is 4.95. The molecule has 0 bridgehead atoms. The second kappa shape index (κ2) is 4.96. The Morgan fingerprint density at radius 1 is 1.43 bits per heavy atom. The Balaban J connectivity index is 2.77. The van der Waals surface area contributed by atoms with Gasteiger partial charge in [0.2, 0.25) is 0 Å². The minimum atomic E-state index is -0.261. The van der Waals surface area contributed by atoms with Crippen molar-refractivity contribution in [3.63, 3.8) is 0 Å². The maximum absolute atomic E-state index is 13.3. The molecule has 0 aromatic heterocycles. The van der Waals surface area contributed by atoms with Crippen LogP contribution in [0.3, 0.4) is 0 Å². The van der Waals surface area contributed by atoms with E-state index in [-0.39, 0.29) is 11.9 Å². The van der Waals surface area contributed by atoms with E-state index in [0.29, 0.717) is 11.3 Å². The van der Waals surface area contributed by atoms with Crippen LogP contribution in [0.5, 0.6) is 0 Å². The highest BCUT2D eigenvalue weighted by Crippen LogP contribution is 2.21. The van der Waals surface area contributed by atoms with Crippen molar-refractivity contribution in [2.24, 2.45) is 5.73 Å².